The maximum absolute atomic E-state index is 12.5. The molecule has 3 rings (SSSR count). The van der Waals surface area contributed by atoms with Crippen LogP contribution in [0.2, 0.25) is 0 Å². The molecule has 1 aromatic rings. The van der Waals surface area contributed by atoms with Crippen molar-refractivity contribution in [1.29, 1.82) is 0 Å². The Balaban J connectivity index is 1.65. The third kappa shape index (κ3) is 2.90. The molecule has 0 spiro atoms. The molecule has 0 saturated carbocycles. The van der Waals surface area contributed by atoms with Crippen LogP contribution in [0.4, 0.5) is 4.79 Å². The number of phenols is 1. The molecule has 1 fully saturated rings. The monoisotopic (exact) mass is 304 g/mol. The number of benzene rings is 1. The highest BCUT2D eigenvalue weighted by Gasteiger charge is 2.30. The fourth-order valence-corrected chi connectivity index (χ4v) is 3.61. The summed E-state index contributed by atoms with van der Waals surface area (Å²) in [7, 11) is 0. The average molecular weight is 304 g/mol. The first-order chi connectivity index (χ1) is 10.6. The van der Waals surface area contributed by atoms with Gasteiger partial charge >= 0.3 is 6.03 Å². The first-order valence-corrected chi connectivity index (χ1v) is 8.10. The van der Waals surface area contributed by atoms with Gasteiger partial charge in [-0.2, -0.15) is 0 Å². The van der Waals surface area contributed by atoms with Crippen molar-refractivity contribution >= 4 is 6.03 Å². The normalized spacial score (nSPS) is 25.6. The van der Waals surface area contributed by atoms with E-state index in [9.17, 15) is 15.0 Å². The van der Waals surface area contributed by atoms with Gasteiger partial charge in [-0.05, 0) is 49.8 Å². The molecule has 0 radical (unpaired) electrons. The second kappa shape index (κ2) is 6.16. The van der Waals surface area contributed by atoms with Crippen LogP contribution in [0, 0.1) is 5.92 Å². The number of urea groups is 1. The molecule has 1 heterocycles. The number of nitrogens with one attached hydrogen (secondary N) is 1. The number of amides is 2. The molecule has 0 aromatic heterocycles. The summed E-state index contributed by atoms with van der Waals surface area (Å²) in [5.74, 6) is 0.487. The third-order valence-electron chi connectivity index (χ3n) is 4.97. The molecule has 3 atom stereocenters. The number of aliphatic hydroxyl groups excluding tert-OH is 1. The Morgan fingerprint density at radius 3 is 3.00 bits per heavy atom. The Kier molecular flexibility index (Phi) is 4.25. The standard InChI is InChI=1S/C17H24N2O3/c1-11(20)12-4-3-9-19(10-12)17(22)18-15-8-7-14-13(15)5-2-6-16(14)21/h2,5-6,11-12,15,20-21H,3-4,7-10H2,1H3,(H,18,22). The number of hydrogen-bond donors (Lipinski definition) is 3. The van der Waals surface area contributed by atoms with Crippen molar-refractivity contribution in [2.45, 2.75) is 44.8 Å². The maximum atomic E-state index is 12.5. The molecule has 1 aliphatic heterocycles. The highest BCUT2D eigenvalue weighted by molar-refractivity contribution is 5.75. The Hall–Kier alpha value is -1.75. The Bertz CT molecular complexity index is 559. The Morgan fingerprint density at radius 1 is 1.41 bits per heavy atom. The van der Waals surface area contributed by atoms with Crippen LogP contribution in [0.3, 0.4) is 0 Å². The van der Waals surface area contributed by atoms with Gasteiger partial charge in [-0.15, -0.1) is 0 Å². The number of likely N-dealkylation sites (tertiary alicyclic amines) is 1. The summed E-state index contributed by atoms with van der Waals surface area (Å²) in [4.78, 5) is 14.3. The minimum absolute atomic E-state index is 0.0264. The van der Waals surface area contributed by atoms with E-state index in [1.165, 1.54) is 0 Å². The smallest absolute Gasteiger partial charge is 0.317 e. The summed E-state index contributed by atoms with van der Waals surface area (Å²) in [6.07, 6.45) is 3.15. The minimum atomic E-state index is -0.375. The number of carbonyl (C=O) groups is 1. The fourth-order valence-electron chi connectivity index (χ4n) is 3.61. The van der Waals surface area contributed by atoms with E-state index in [0.717, 1.165) is 43.4 Å². The molecule has 0 bridgehead atoms. The number of piperidine rings is 1. The number of aliphatic hydroxyl groups is 1. The number of aromatic hydroxyl groups is 1. The summed E-state index contributed by atoms with van der Waals surface area (Å²) in [5.41, 5.74) is 1.98. The summed E-state index contributed by atoms with van der Waals surface area (Å²) in [6.45, 7) is 3.15. The highest BCUT2D eigenvalue weighted by Crippen LogP contribution is 2.36. The number of rotatable bonds is 2. The van der Waals surface area contributed by atoms with Gasteiger partial charge in [0.1, 0.15) is 5.75 Å². The van der Waals surface area contributed by atoms with Crippen LogP contribution < -0.4 is 5.32 Å². The number of nitrogens with zero attached hydrogens (tertiary/aromatic N) is 1. The van der Waals surface area contributed by atoms with Gasteiger partial charge in [-0.3, -0.25) is 0 Å². The van der Waals surface area contributed by atoms with Crippen LogP contribution in [0.5, 0.6) is 5.75 Å². The summed E-state index contributed by atoms with van der Waals surface area (Å²) in [5, 5.41) is 22.7. The molecule has 3 N–H and O–H groups in total. The van der Waals surface area contributed by atoms with E-state index < -0.39 is 0 Å². The molecule has 120 valence electrons. The van der Waals surface area contributed by atoms with Crippen molar-refractivity contribution in [2.75, 3.05) is 13.1 Å². The van der Waals surface area contributed by atoms with Crippen molar-refractivity contribution in [3.63, 3.8) is 0 Å². The van der Waals surface area contributed by atoms with Gasteiger partial charge < -0.3 is 20.4 Å². The minimum Gasteiger partial charge on any atom is -0.508 e. The maximum Gasteiger partial charge on any atom is 0.317 e. The lowest BCUT2D eigenvalue weighted by molar-refractivity contribution is 0.0733. The van der Waals surface area contributed by atoms with E-state index in [4.69, 9.17) is 0 Å². The van der Waals surface area contributed by atoms with Crippen molar-refractivity contribution < 1.29 is 15.0 Å². The Labute approximate surface area is 130 Å². The molecule has 1 aromatic carbocycles. The van der Waals surface area contributed by atoms with Gasteiger partial charge in [-0.25, -0.2) is 4.79 Å². The zero-order valence-electron chi connectivity index (χ0n) is 13.0. The van der Waals surface area contributed by atoms with Gasteiger partial charge in [0.2, 0.25) is 0 Å². The molecule has 2 aliphatic rings. The molecular formula is C17H24N2O3. The molecule has 5 nitrogen and oxygen atoms in total. The fraction of sp³-hybridized carbons (Fsp3) is 0.588. The molecular weight excluding hydrogens is 280 g/mol. The predicted molar refractivity (Wildman–Crippen MR) is 83.7 cm³/mol. The van der Waals surface area contributed by atoms with Crippen LogP contribution in [-0.4, -0.2) is 40.3 Å². The summed E-state index contributed by atoms with van der Waals surface area (Å²) >= 11 is 0. The van der Waals surface area contributed by atoms with Crippen molar-refractivity contribution in [1.82, 2.24) is 10.2 Å². The van der Waals surface area contributed by atoms with Gasteiger partial charge in [-0.1, -0.05) is 12.1 Å². The van der Waals surface area contributed by atoms with E-state index in [1.807, 2.05) is 17.0 Å². The summed E-state index contributed by atoms with van der Waals surface area (Å²) in [6, 6.07) is 5.40. The van der Waals surface area contributed by atoms with Crippen LogP contribution in [0.1, 0.15) is 43.4 Å². The van der Waals surface area contributed by atoms with Gasteiger partial charge in [0.25, 0.3) is 0 Å². The predicted octanol–water partition coefficient (Wildman–Crippen LogP) is 2.18. The molecule has 1 aliphatic carbocycles. The quantitative estimate of drug-likeness (QED) is 0.784. The van der Waals surface area contributed by atoms with E-state index in [0.29, 0.717) is 12.3 Å². The van der Waals surface area contributed by atoms with Crippen molar-refractivity contribution in [3.05, 3.63) is 29.3 Å². The molecule has 22 heavy (non-hydrogen) atoms. The van der Waals surface area contributed by atoms with Crippen LogP contribution in [0.15, 0.2) is 18.2 Å². The highest BCUT2D eigenvalue weighted by atomic mass is 16.3. The first kappa shape index (κ1) is 15.2. The SMILES string of the molecule is CC(O)C1CCCN(C(=O)NC2CCc3c(O)cccc32)C1. The van der Waals surface area contributed by atoms with E-state index in [2.05, 4.69) is 5.32 Å². The third-order valence-corrected chi connectivity index (χ3v) is 4.97. The van der Waals surface area contributed by atoms with E-state index in [-0.39, 0.29) is 24.1 Å². The summed E-state index contributed by atoms with van der Waals surface area (Å²) < 4.78 is 0. The number of fused-ring (bicyclic) bond motifs is 1. The largest absolute Gasteiger partial charge is 0.508 e. The lowest BCUT2D eigenvalue weighted by atomic mass is 9.94. The van der Waals surface area contributed by atoms with E-state index >= 15 is 0 Å². The van der Waals surface area contributed by atoms with Crippen molar-refractivity contribution in [3.8, 4) is 5.75 Å². The van der Waals surface area contributed by atoms with Gasteiger partial charge in [0.05, 0.1) is 12.1 Å². The van der Waals surface area contributed by atoms with E-state index in [1.54, 1.807) is 13.0 Å². The van der Waals surface area contributed by atoms with Gasteiger partial charge in [0.15, 0.2) is 0 Å². The lowest BCUT2D eigenvalue weighted by Gasteiger charge is -2.34. The average Bonchev–Trinajstić information content (AvgIpc) is 2.92. The zero-order chi connectivity index (χ0) is 15.7. The molecule has 1 saturated heterocycles. The molecule has 3 unspecified atom stereocenters. The number of phenolic OH excluding ortho intramolecular Hbond substituents is 1. The van der Waals surface area contributed by atoms with Crippen LogP contribution >= 0.6 is 0 Å². The van der Waals surface area contributed by atoms with Crippen molar-refractivity contribution in [2.24, 2.45) is 5.92 Å². The zero-order valence-corrected chi connectivity index (χ0v) is 13.0. The Morgan fingerprint density at radius 2 is 2.23 bits per heavy atom. The lowest BCUT2D eigenvalue weighted by Crippen LogP contribution is -2.48. The van der Waals surface area contributed by atoms with Gasteiger partial charge in [0, 0.05) is 19.0 Å². The second-order valence-corrected chi connectivity index (χ2v) is 6.47. The van der Waals surface area contributed by atoms with Crippen LogP contribution in [0.25, 0.3) is 0 Å². The van der Waals surface area contributed by atoms with Crippen LogP contribution in [-0.2, 0) is 6.42 Å². The topological polar surface area (TPSA) is 72.8 Å². The number of carbonyl (C=O) groups excluding carboxylic acids is 1. The number of hydrogen-bond acceptors (Lipinski definition) is 3. The molecule has 2 amide bonds. The second-order valence-electron chi connectivity index (χ2n) is 6.47. The molecule has 5 heteroatoms. The first-order valence-electron chi connectivity index (χ1n) is 8.10.